The fraction of sp³-hybridized carbons (Fsp3) is 0.333. The maximum atomic E-state index is 13.4. The number of hydrogen-bond acceptors (Lipinski definition) is 5. The molecule has 0 saturated carbocycles. The number of hydrazine groups is 1. The molecule has 3 atom stereocenters. The summed E-state index contributed by atoms with van der Waals surface area (Å²) in [5.74, 6) is -0.587. The lowest BCUT2D eigenvalue weighted by molar-refractivity contribution is -0.126. The molecule has 6 nitrogen and oxygen atoms in total. The van der Waals surface area contributed by atoms with E-state index in [2.05, 4.69) is 5.01 Å². The van der Waals surface area contributed by atoms with E-state index in [9.17, 15) is 14.0 Å². The van der Waals surface area contributed by atoms with Crippen LogP contribution in [0.1, 0.15) is 18.0 Å². The molecule has 0 radical (unpaired) electrons. The number of hydrogen-bond donors (Lipinski definition) is 0. The lowest BCUT2D eigenvalue weighted by Gasteiger charge is -2.29. The Morgan fingerprint density at radius 1 is 0.893 bits per heavy atom. The average Bonchev–Trinajstić information content (AvgIpc) is 3.35. The Balaban J connectivity index is 1.55. The van der Waals surface area contributed by atoms with Crippen molar-refractivity contribution < 1.29 is 18.7 Å². The summed E-state index contributed by atoms with van der Waals surface area (Å²) >= 11 is 0. The highest BCUT2D eigenvalue weighted by molar-refractivity contribution is 6.24. The number of methoxy groups -OCH3 is 1. The zero-order valence-electron chi connectivity index (χ0n) is 15.4. The van der Waals surface area contributed by atoms with E-state index in [0.29, 0.717) is 5.69 Å². The second kappa shape index (κ2) is 6.39. The van der Waals surface area contributed by atoms with Gasteiger partial charge >= 0.3 is 0 Å². The molecule has 3 heterocycles. The summed E-state index contributed by atoms with van der Waals surface area (Å²) in [5.41, 5.74) is 1.41. The Kier molecular flexibility index (Phi) is 3.96. The van der Waals surface area contributed by atoms with E-state index in [4.69, 9.17) is 4.74 Å². The van der Waals surface area contributed by atoms with Crippen molar-refractivity contribution in [2.24, 2.45) is 5.92 Å². The molecule has 0 aliphatic carbocycles. The van der Waals surface area contributed by atoms with Crippen molar-refractivity contribution in [1.82, 2.24) is 10.0 Å². The SMILES string of the molecule is COc1ccc([C@H]2[C@H]3C(=O)N(c4ccc(F)cc4)C(=O)[C@@H]3N3CCCN23)cc1. The van der Waals surface area contributed by atoms with E-state index in [1.54, 1.807) is 7.11 Å². The van der Waals surface area contributed by atoms with Gasteiger partial charge in [0.05, 0.1) is 24.8 Å². The molecule has 3 saturated heterocycles. The number of fused-ring (bicyclic) bond motifs is 3. The lowest BCUT2D eigenvalue weighted by Crippen LogP contribution is -2.44. The highest BCUT2D eigenvalue weighted by atomic mass is 19.1. The number of nitrogens with zero attached hydrogens (tertiary/aromatic N) is 3. The van der Waals surface area contributed by atoms with Crippen LogP contribution in [0, 0.1) is 11.7 Å². The molecule has 0 aromatic heterocycles. The topological polar surface area (TPSA) is 53.1 Å². The average molecular weight is 381 g/mol. The van der Waals surface area contributed by atoms with Crippen molar-refractivity contribution >= 4 is 17.5 Å². The number of carbonyl (C=O) groups excluding carboxylic acids is 2. The quantitative estimate of drug-likeness (QED) is 0.764. The zero-order chi connectivity index (χ0) is 19.4. The minimum atomic E-state index is -0.507. The van der Waals surface area contributed by atoms with Gasteiger partial charge in [-0.1, -0.05) is 12.1 Å². The van der Waals surface area contributed by atoms with E-state index < -0.39 is 17.8 Å². The van der Waals surface area contributed by atoms with E-state index in [1.807, 2.05) is 29.3 Å². The van der Waals surface area contributed by atoms with Gasteiger partial charge in [-0.3, -0.25) is 9.59 Å². The molecule has 0 N–H and O–H groups in total. The molecule has 3 fully saturated rings. The summed E-state index contributed by atoms with van der Waals surface area (Å²) in [5, 5.41) is 4.21. The summed E-state index contributed by atoms with van der Waals surface area (Å²) in [4.78, 5) is 27.8. The molecule has 7 heteroatoms. The number of imide groups is 1. The smallest absolute Gasteiger partial charge is 0.253 e. The summed E-state index contributed by atoms with van der Waals surface area (Å²) in [6.45, 7) is 1.57. The number of carbonyl (C=O) groups is 2. The third kappa shape index (κ3) is 2.40. The van der Waals surface area contributed by atoms with Gasteiger partial charge in [0.15, 0.2) is 0 Å². The molecule has 3 aliphatic rings. The molecule has 2 amide bonds. The van der Waals surface area contributed by atoms with E-state index in [1.165, 1.54) is 29.2 Å². The molecular weight excluding hydrogens is 361 g/mol. The fourth-order valence-corrected chi connectivity index (χ4v) is 4.76. The molecule has 0 spiro atoms. The van der Waals surface area contributed by atoms with Gasteiger partial charge in [0, 0.05) is 13.1 Å². The molecule has 5 rings (SSSR count). The van der Waals surface area contributed by atoms with Crippen LogP contribution < -0.4 is 9.64 Å². The first-order chi connectivity index (χ1) is 13.6. The minimum absolute atomic E-state index is 0.194. The standard InChI is InChI=1S/C21H20FN3O3/c1-28-16-9-3-13(4-10-16)18-17-19(24-12-2-11-23(18)24)21(27)25(20(17)26)15-7-5-14(22)6-8-15/h3-10,17-19H,2,11-12H2,1H3/t17-,18+,19-/m1/s1. The molecule has 3 aliphatic heterocycles. The summed E-state index contributed by atoms with van der Waals surface area (Å²) in [6, 6.07) is 12.5. The number of anilines is 1. The fourth-order valence-electron chi connectivity index (χ4n) is 4.76. The van der Waals surface area contributed by atoms with Gasteiger partial charge in [0.25, 0.3) is 5.91 Å². The number of halogens is 1. The lowest BCUT2D eigenvalue weighted by atomic mass is 9.90. The second-order valence-electron chi connectivity index (χ2n) is 7.36. The van der Waals surface area contributed by atoms with Crippen molar-refractivity contribution in [3.63, 3.8) is 0 Å². The zero-order valence-corrected chi connectivity index (χ0v) is 15.4. The molecule has 2 aromatic carbocycles. The Bertz CT molecular complexity index is 931. The first kappa shape index (κ1) is 17.3. The molecule has 28 heavy (non-hydrogen) atoms. The van der Waals surface area contributed by atoms with Crippen molar-refractivity contribution in [2.45, 2.75) is 18.5 Å². The van der Waals surface area contributed by atoms with Gasteiger partial charge in [-0.15, -0.1) is 0 Å². The van der Waals surface area contributed by atoms with Crippen LogP contribution in [0.5, 0.6) is 5.75 Å². The van der Waals surface area contributed by atoms with Crippen LogP contribution in [0.15, 0.2) is 48.5 Å². The largest absolute Gasteiger partial charge is 0.497 e. The second-order valence-corrected chi connectivity index (χ2v) is 7.36. The van der Waals surface area contributed by atoms with Crippen molar-refractivity contribution in [1.29, 1.82) is 0 Å². The van der Waals surface area contributed by atoms with Gasteiger partial charge in [-0.25, -0.2) is 19.3 Å². The maximum absolute atomic E-state index is 13.4. The first-order valence-corrected chi connectivity index (χ1v) is 9.40. The van der Waals surface area contributed by atoms with E-state index in [-0.39, 0.29) is 17.9 Å². The third-order valence-electron chi connectivity index (χ3n) is 5.95. The molecular formula is C21H20FN3O3. The van der Waals surface area contributed by atoms with Gasteiger partial charge < -0.3 is 4.74 Å². The Morgan fingerprint density at radius 3 is 2.18 bits per heavy atom. The Hall–Kier alpha value is -2.77. The van der Waals surface area contributed by atoms with E-state index in [0.717, 1.165) is 30.8 Å². The van der Waals surface area contributed by atoms with Gasteiger partial charge in [-0.05, 0) is 48.4 Å². The van der Waals surface area contributed by atoms with E-state index >= 15 is 0 Å². The van der Waals surface area contributed by atoms with Crippen LogP contribution in [0.3, 0.4) is 0 Å². The molecule has 0 bridgehead atoms. The number of amides is 2. The molecule has 0 unspecified atom stereocenters. The predicted molar refractivity (Wildman–Crippen MR) is 99.9 cm³/mol. The van der Waals surface area contributed by atoms with Gasteiger partial charge in [0.1, 0.15) is 17.6 Å². The Morgan fingerprint density at radius 2 is 1.54 bits per heavy atom. The van der Waals surface area contributed by atoms with Crippen LogP contribution in [-0.4, -0.2) is 48.1 Å². The van der Waals surface area contributed by atoms with Crippen LogP contribution >= 0.6 is 0 Å². The van der Waals surface area contributed by atoms with Crippen molar-refractivity contribution in [2.75, 3.05) is 25.1 Å². The van der Waals surface area contributed by atoms with Crippen molar-refractivity contribution in [3.8, 4) is 5.75 Å². The van der Waals surface area contributed by atoms with Crippen LogP contribution in [0.25, 0.3) is 0 Å². The van der Waals surface area contributed by atoms with Crippen LogP contribution in [-0.2, 0) is 9.59 Å². The number of benzene rings is 2. The Labute approximate surface area is 162 Å². The van der Waals surface area contributed by atoms with Crippen LogP contribution in [0.4, 0.5) is 10.1 Å². The van der Waals surface area contributed by atoms with Crippen molar-refractivity contribution in [3.05, 3.63) is 59.9 Å². The normalized spacial score (nSPS) is 27.4. The van der Waals surface area contributed by atoms with Gasteiger partial charge in [-0.2, -0.15) is 0 Å². The van der Waals surface area contributed by atoms with Gasteiger partial charge in [0.2, 0.25) is 5.91 Å². The maximum Gasteiger partial charge on any atom is 0.253 e. The number of ether oxygens (including phenoxy) is 1. The van der Waals surface area contributed by atoms with Crippen LogP contribution in [0.2, 0.25) is 0 Å². The number of rotatable bonds is 3. The first-order valence-electron chi connectivity index (χ1n) is 9.40. The minimum Gasteiger partial charge on any atom is -0.497 e. The third-order valence-corrected chi connectivity index (χ3v) is 5.95. The monoisotopic (exact) mass is 381 g/mol. The highest BCUT2D eigenvalue weighted by Crippen LogP contribution is 2.49. The summed E-state index contributed by atoms with van der Waals surface area (Å²) in [6.07, 6.45) is 0.952. The predicted octanol–water partition coefficient (Wildman–Crippen LogP) is 2.37. The molecule has 144 valence electrons. The summed E-state index contributed by atoms with van der Waals surface area (Å²) in [7, 11) is 1.61. The highest BCUT2D eigenvalue weighted by Gasteiger charge is 2.62. The summed E-state index contributed by atoms with van der Waals surface area (Å²) < 4.78 is 18.6. The molecule has 2 aromatic rings.